The summed E-state index contributed by atoms with van der Waals surface area (Å²) in [5, 5.41) is 2.41. The average Bonchev–Trinajstić information content (AvgIpc) is 3.52. The Bertz CT molecular complexity index is 2460. The Kier molecular flexibility index (Phi) is 7.49. The van der Waals surface area contributed by atoms with Gasteiger partial charge in [0.1, 0.15) is 0 Å². The number of para-hydroxylation sites is 4. The van der Waals surface area contributed by atoms with Crippen LogP contribution in [0, 0.1) is 0 Å². The number of hydrogen-bond donors (Lipinski definition) is 0. The van der Waals surface area contributed by atoms with E-state index in [-0.39, 0.29) is 0 Å². The standard InChI is InChI=1S/C47H33N3/c1-6-18-34(19-7-1)43-30-36(31-44(48-43)35-20-8-2-9-21-35)41-32-42-40-28-16-17-29-45(40)50(39-26-14-5-15-27-39)47(42)33-46(41)49(37-22-10-3-11-23-37)38-24-12-4-13-25-38/h1-33H. The van der Waals surface area contributed by atoms with Crippen LogP contribution in [0.1, 0.15) is 0 Å². The van der Waals surface area contributed by atoms with Crippen molar-refractivity contribution in [3.05, 3.63) is 200 Å². The van der Waals surface area contributed by atoms with Gasteiger partial charge in [-0.15, -0.1) is 0 Å². The number of benzene rings is 7. The summed E-state index contributed by atoms with van der Waals surface area (Å²) in [4.78, 5) is 7.61. The second kappa shape index (κ2) is 12.7. The van der Waals surface area contributed by atoms with Gasteiger partial charge in [0, 0.05) is 44.5 Å². The Morgan fingerprint density at radius 2 is 0.860 bits per heavy atom. The molecule has 0 N–H and O–H groups in total. The minimum absolute atomic E-state index is 0.936. The number of hydrogen-bond acceptors (Lipinski definition) is 2. The van der Waals surface area contributed by atoms with Crippen LogP contribution in [0.5, 0.6) is 0 Å². The molecule has 0 aliphatic carbocycles. The van der Waals surface area contributed by atoms with Crippen LogP contribution < -0.4 is 4.90 Å². The second-order valence-corrected chi connectivity index (χ2v) is 12.4. The fourth-order valence-corrected chi connectivity index (χ4v) is 7.06. The maximum absolute atomic E-state index is 5.23. The molecule has 0 radical (unpaired) electrons. The molecule has 0 bridgehead atoms. The first-order chi connectivity index (χ1) is 24.8. The number of fused-ring (bicyclic) bond motifs is 3. The highest BCUT2D eigenvalue weighted by molar-refractivity contribution is 6.13. The van der Waals surface area contributed by atoms with Gasteiger partial charge in [0.2, 0.25) is 0 Å². The maximum atomic E-state index is 5.23. The topological polar surface area (TPSA) is 21.1 Å². The van der Waals surface area contributed by atoms with Crippen LogP contribution in [-0.2, 0) is 0 Å². The molecule has 2 aromatic heterocycles. The van der Waals surface area contributed by atoms with E-state index in [1.54, 1.807) is 0 Å². The molecule has 3 heteroatoms. The number of anilines is 3. The molecule has 236 valence electrons. The van der Waals surface area contributed by atoms with E-state index in [0.29, 0.717) is 0 Å². The summed E-state index contributed by atoms with van der Waals surface area (Å²) in [6.45, 7) is 0. The first kappa shape index (κ1) is 29.4. The molecule has 9 aromatic rings. The molecule has 0 spiro atoms. The van der Waals surface area contributed by atoms with Crippen LogP contribution in [0.3, 0.4) is 0 Å². The van der Waals surface area contributed by atoms with Crippen molar-refractivity contribution in [2.45, 2.75) is 0 Å². The normalized spacial score (nSPS) is 11.2. The smallest absolute Gasteiger partial charge is 0.0715 e. The van der Waals surface area contributed by atoms with E-state index in [4.69, 9.17) is 4.98 Å². The summed E-state index contributed by atoms with van der Waals surface area (Å²) in [6.07, 6.45) is 0. The Morgan fingerprint density at radius 1 is 0.380 bits per heavy atom. The third-order valence-electron chi connectivity index (χ3n) is 9.35. The predicted octanol–water partition coefficient (Wildman–Crippen LogP) is 12.6. The molecule has 0 aliphatic rings. The summed E-state index contributed by atoms with van der Waals surface area (Å²) in [6, 6.07) is 71.0. The molecule has 0 aliphatic heterocycles. The number of rotatable bonds is 7. The molecule has 0 atom stereocenters. The van der Waals surface area contributed by atoms with Crippen molar-refractivity contribution in [1.82, 2.24) is 9.55 Å². The van der Waals surface area contributed by atoms with Crippen molar-refractivity contribution < 1.29 is 0 Å². The van der Waals surface area contributed by atoms with Gasteiger partial charge in [0.25, 0.3) is 0 Å². The van der Waals surface area contributed by atoms with Gasteiger partial charge in [-0.3, -0.25) is 0 Å². The zero-order chi connectivity index (χ0) is 33.3. The van der Waals surface area contributed by atoms with Crippen molar-refractivity contribution in [2.75, 3.05) is 4.90 Å². The van der Waals surface area contributed by atoms with E-state index in [1.165, 1.54) is 16.3 Å². The highest BCUT2D eigenvalue weighted by Crippen LogP contribution is 2.46. The molecule has 0 amide bonds. The van der Waals surface area contributed by atoms with Crippen molar-refractivity contribution in [2.24, 2.45) is 0 Å². The van der Waals surface area contributed by atoms with Gasteiger partial charge in [-0.25, -0.2) is 4.98 Å². The van der Waals surface area contributed by atoms with Gasteiger partial charge < -0.3 is 9.47 Å². The molecule has 9 rings (SSSR count). The van der Waals surface area contributed by atoms with Crippen molar-refractivity contribution in [3.63, 3.8) is 0 Å². The quantitative estimate of drug-likeness (QED) is 0.173. The monoisotopic (exact) mass is 639 g/mol. The number of pyridine rings is 1. The van der Waals surface area contributed by atoms with E-state index in [9.17, 15) is 0 Å². The van der Waals surface area contributed by atoms with Crippen LogP contribution in [0.2, 0.25) is 0 Å². The van der Waals surface area contributed by atoms with Crippen LogP contribution in [0.25, 0.3) is 61.1 Å². The van der Waals surface area contributed by atoms with Crippen molar-refractivity contribution in [1.29, 1.82) is 0 Å². The Morgan fingerprint density at radius 3 is 1.42 bits per heavy atom. The van der Waals surface area contributed by atoms with Gasteiger partial charge >= 0.3 is 0 Å². The zero-order valence-corrected chi connectivity index (χ0v) is 27.4. The molecule has 2 heterocycles. The third-order valence-corrected chi connectivity index (χ3v) is 9.35. The van der Waals surface area contributed by atoms with E-state index in [1.807, 2.05) is 0 Å². The maximum Gasteiger partial charge on any atom is 0.0715 e. The first-order valence-electron chi connectivity index (χ1n) is 17.0. The molecule has 0 saturated heterocycles. The summed E-state index contributed by atoms with van der Waals surface area (Å²) in [7, 11) is 0. The van der Waals surface area contributed by atoms with E-state index >= 15 is 0 Å². The van der Waals surface area contributed by atoms with E-state index < -0.39 is 0 Å². The van der Waals surface area contributed by atoms with E-state index in [2.05, 4.69) is 210 Å². The molecule has 0 unspecified atom stereocenters. The van der Waals surface area contributed by atoms with Crippen molar-refractivity contribution >= 4 is 38.9 Å². The Balaban J connectivity index is 1.41. The summed E-state index contributed by atoms with van der Waals surface area (Å²) in [5.41, 5.74) is 13.0. The summed E-state index contributed by atoms with van der Waals surface area (Å²) >= 11 is 0. The molecule has 7 aromatic carbocycles. The molecular formula is C47H33N3. The summed E-state index contributed by atoms with van der Waals surface area (Å²) in [5.74, 6) is 0. The number of nitrogens with zero attached hydrogens (tertiary/aromatic N) is 3. The van der Waals surface area contributed by atoms with Crippen LogP contribution in [0.15, 0.2) is 200 Å². The van der Waals surface area contributed by atoms with Gasteiger partial charge in [0.15, 0.2) is 0 Å². The molecule has 0 fully saturated rings. The SMILES string of the molecule is c1ccc(-c2cc(-c3cc4c5ccccc5n(-c5ccccc5)c4cc3N(c3ccccc3)c3ccccc3)cc(-c3ccccc3)n2)cc1. The summed E-state index contributed by atoms with van der Waals surface area (Å²) < 4.78 is 2.39. The minimum Gasteiger partial charge on any atom is -0.310 e. The Hall–Kier alpha value is -6.71. The lowest BCUT2D eigenvalue weighted by molar-refractivity contribution is 1.18. The third kappa shape index (κ3) is 5.32. The number of aromatic nitrogens is 2. The minimum atomic E-state index is 0.936. The molecule has 3 nitrogen and oxygen atoms in total. The predicted molar refractivity (Wildman–Crippen MR) is 210 cm³/mol. The highest BCUT2D eigenvalue weighted by atomic mass is 15.1. The average molecular weight is 640 g/mol. The van der Waals surface area contributed by atoms with Gasteiger partial charge in [0.05, 0.1) is 28.1 Å². The first-order valence-corrected chi connectivity index (χ1v) is 17.0. The van der Waals surface area contributed by atoms with Crippen LogP contribution in [-0.4, -0.2) is 9.55 Å². The van der Waals surface area contributed by atoms with Gasteiger partial charge in [-0.2, -0.15) is 0 Å². The highest BCUT2D eigenvalue weighted by Gasteiger charge is 2.23. The van der Waals surface area contributed by atoms with Crippen LogP contribution >= 0.6 is 0 Å². The van der Waals surface area contributed by atoms with Crippen molar-refractivity contribution in [3.8, 4) is 39.3 Å². The van der Waals surface area contributed by atoms with Gasteiger partial charge in [-0.1, -0.05) is 133 Å². The second-order valence-electron chi connectivity index (χ2n) is 12.4. The Labute approximate surface area is 292 Å². The fraction of sp³-hybridized carbons (Fsp3) is 0. The lowest BCUT2D eigenvalue weighted by atomic mass is 9.96. The van der Waals surface area contributed by atoms with Crippen LogP contribution in [0.4, 0.5) is 17.1 Å². The zero-order valence-electron chi connectivity index (χ0n) is 27.4. The molecular weight excluding hydrogens is 607 g/mol. The lowest BCUT2D eigenvalue weighted by Gasteiger charge is -2.28. The largest absolute Gasteiger partial charge is 0.310 e. The van der Waals surface area contributed by atoms with Gasteiger partial charge in [-0.05, 0) is 72.3 Å². The van der Waals surface area contributed by atoms with E-state index in [0.717, 1.165) is 61.9 Å². The molecule has 50 heavy (non-hydrogen) atoms. The lowest BCUT2D eigenvalue weighted by Crippen LogP contribution is -2.11. The fourth-order valence-electron chi connectivity index (χ4n) is 7.06. The molecule has 0 saturated carbocycles.